The van der Waals surface area contributed by atoms with Gasteiger partial charge in [-0.2, -0.15) is 0 Å². The number of aromatic nitrogens is 3. The molecule has 1 fully saturated rings. The fourth-order valence-electron chi connectivity index (χ4n) is 2.67. The summed E-state index contributed by atoms with van der Waals surface area (Å²) in [5.74, 6) is 2.39. The number of halogens is 1. The molecule has 2 N–H and O–H groups in total. The van der Waals surface area contributed by atoms with Crippen molar-refractivity contribution in [1.82, 2.24) is 19.5 Å². The summed E-state index contributed by atoms with van der Waals surface area (Å²) in [6, 6.07) is 5.89. The number of fused-ring (bicyclic) bond motifs is 1. The number of hydrogen-bond acceptors (Lipinski definition) is 3. The lowest BCUT2D eigenvalue weighted by Gasteiger charge is -2.31. The van der Waals surface area contributed by atoms with Gasteiger partial charge in [0.15, 0.2) is 11.6 Å². The summed E-state index contributed by atoms with van der Waals surface area (Å²) in [6.07, 6.45) is 5.12. The second-order valence-electron chi connectivity index (χ2n) is 5.70. The molecule has 0 aliphatic carbocycles. The maximum atomic E-state index is 6.08. The van der Waals surface area contributed by atoms with E-state index >= 15 is 0 Å². The number of pyridine rings is 1. The van der Waals surface area contributed by atoms with E-state index in [9.17, 15) is 0 Å². The van der Waals surface area contributed by atoms with Crippen molar-refractivity contribution in [1.29, 1.82) is 0 Å². The molecule has 7 heteroatoms. The van der Waals surface area contributed by atoms with Crippen molar-refractivity contribution in [3.05, 3.63) is 30.2 Å². The van der Waals surface area contributed by atoms with Gasteiger partial charge in [0.2, 0.25) is 0 Å². The number of aliphatic imine (C=N–C) groups is 1. The second kappa shape index (κ2) is 7.75. The van der Waals surface area contributed by atoms with Crippen LogP contribution in [-0.2, 0) is 6.42 Å². The lowest BCUT2D eigenvalue weighted by Crippen LogP contribution is -2.42. The van der Waals surface area contributed by atoms with Crippen LogP contribution in [0, 0.1) is 5.92 Å². The van der Waals surface area contributed by atoms with Gasteiger partial charge >= 0.3 is 0 Å². The molecule has 0 saturated carbocycles. The van der Waals surface area contributed by atoms with E-state index in [0.29, 0.717) is 12.5 Å². The average Bonchev–Trinajstić information content (AvgIpc) is 2.91. The van der Waals surface area contributed by atoms with Crippen molar-refractivity contribution in [2.75, 3.05) is 19.6 Å². The maximum absolute atomic E-state index is 6.08. The van der Waals surface area contributed by atoms with E-state index in [2.05, 4.69) is 27.0 Å². The molecule has 1 saturated heterocycles. The SMILES string of the molecule is CC1CCN(C(N)=NCCc2nnc3ccccn23)CC1.I. The first kappa shape index (κ1) is 17.0. The van der Waals surface area contributed by atoms with Crippen LogP contribution >= 0.6 is 24.0 Å². The third-order valence-electron chi connectivity index (χ3n) is 4.10. The highest BCUT2D eigenvalue weighted by molar-refractivity contribution is 14.0. The number of guanidine groups is 1. The Morgan fingerprint density at radius 1 is 1.32 bits per heavy atom. The third kappa shape index (κ3) is 3.88. The van der Waals surface area contributed by atoms with Crippen molar-refractivity contribution >= 4 is 35.6 Å². The molecule has 0 amide bonds. The zero-order valence-corrected chi connectivity index (χ0v) is 15.2. The number of nitrogens with zero attached hydrogens (tertiary/aromatic N) is 5. The number of nitrogens with two attached hydrogens (primary N) is 1. The van der Waals surface area contributed by atoms with Crippen LogP contribution in [0.4, 0.5) is 0 Å². The number of piperidine rings is 1. The zero-order chi connectivity index (χ0) is 14.7. The van der Waals surface area contributed by atoms with E-state index in [4.69, 9.17) is 5.73 Å². The van der Waals surface area contributed by atoms with Crippen LogP contribution in [0.25, 0.3) is 5.65 Å². The van der Waals surface area contributed by atoms with E-state index in [0.717, 1.165) is 36.9 Å². The standard InChI is InChI=1S/C15H22N6.HI/c1-12-6-10-20(11-7-12)15(16)17-8-5-14-19-18-13-4-2-3-9-21(13)14;/h2-4,9,12H,5-8,10-11H2,1H3,(H2,16,17);1H. The first-order chi connectivity index (χ1) is 10.2. The number of likely N-dealkylation sites (tertiary alicyclic amines) is 1. The van der Waals surface area contributed by atoms with E-state index in [1.165, 1.54) is 12.8 Å². The van der Waals surface area contributed by atoms with E-state index in [1.54, 1.807) is 0 Å². The largest absolute Gasteiger partial charge is 0.370 e. The summed E-state index contributed by atoms with van der Waals surface area (Å²) in [4.78, 5) is 6.68. The molecular formula is C15H23IN6. The van der Waals surface area contributed by atoms with Crippen LogP contribution in [0.15, 0.2) is 29.4 Å². The minimum absolute atomic E-state index is 0. The zero-order valence-electron chi connectivity index (χ0n) is 12.9. The molecule has 0 unspecified atom stereocenters. The third-order valence-corrected chi connectivity index (χ3v) is 4.10. The quantitative estimate of drug-likeness (QED) is 0.474. The van der Waals surface area contributed by atoms with E-state index in [1.807, 2.05) is 28.8 Å². The molecule has 6 nitrogen and oxygen atoms in total. The first-order valence-electron chi connectivity index (χ1n) is 7.57. The first-order valence-corrected chi connectivity index (χ1v) is 7.57. The average molecular weight is 414 g/mol. The molecule has 0 atom stereocenters. The van der Waals surface area contributed by atoms with Crippen molar-refractivity contribution in [3.8, 4) is 0 Å². The molecule has 0 aromatic carbocycles. The van der Waals surface area contributed by atoms with Crippen LogP contribution in [0.5, 0.6) is 0 Å². The van der Waals surface area contributed by atoms with E-state index < -0.39 is 0 Å². The normalized spacial score (nSPS) is 16.8. The molecule has 22 heavy (non-hydrogen) atoms. The van der Waals surface area contributed by atoms with Gasteiger partial charge in [-0.3, -0.25) is 9.39 Å². The summed E-state index contributed by atoms with van der Waals surface area (Å²) >= 11 is 0. The Balaban J connectivity index is 0.00000176. The van der Waals surface area contributed by atoms with Gasteiger partial charge in [-0.05, 0) is 30.9 Å². The molecule has 0 radical (unpaired) electrons. The van der Waals surface area contributed by atoms with Gasteiger partial charge in [0.25, 0.3) is 0 Å². The maximum Gasteiger partial charge on any atom is 0.191 e. The Hall–Kier alpha value is -1.38. The number of rotatable bonds is 3. The predicted molar refractivity (Wildman–Crippen MR) is 98.6 cm³/mol. The van der Waals surface area contributed by atoms with Gasteiger partial charge in [0, 0.05) is 32.3 Å². The molecule has 2 aromatic rings. The molecular weight excluding hydrogens is 391 g/mol. The van der Waals surface area contributed by atoms with Gasteiger partial charge in [0.1, 0.15) is 5.82 Å². The molecule has 0 spiro atoms. The minimum atomic E-state index is 0. The summed E-state index contributed by atoms with van der Waals surface area (Å²) < 4.78 is 1.99. The Labute approximate surface area is 147 Å². The molecule has 3 rings (SSSR count). The van der Waals surface area contributed by atoms with Crippen LogP contribution in [0.1, 0.15) is 25.6 Å². The van der Waals surface area contributed by atoms with Crippen molar-refractivity contribution in [2.45, 2.75) is 26.2 Å². The fourth-order valence-corrected chi connectivity index (χ4v) is 2.67. The van der Waals surface area contributed by atoms with Crippen LogP contribution in [-0.4, -0.2) is 45.1 Å². The van der Waals surface area contributed by atoms with Crippen LogP contribution in [0.2, 0.25) is 0 Å². The number of hydrogen-bond donors (Lipinski definition) is 1. The Bertz CT molecular complexity index is 630. The van der Waals surface area contributed by atoms with Gasteiger partial charge in [0.05, 0.1) is 0 Å². The molecule has 0 bridgehead atoms. The predicted octanol–water partition coefficient (Wildman–Crippen LogP) is 1.94. The summed E-state index contributed by atoms with van der Waals surface area (Å²) in [7, 11) is 0. The van der Waals surface area contributed by atoms with Crippen LogP contribution < -0.4 is 5.73 Å². The molecule has 120 valence electrons. The minimum Gasteiger partial charge on any atom is -0.370 e. The highest BCUT2D eigenvalue weighted by Crippen LogP contribution is 2.15. The highest BCUT2D eigenvalue weighted by atomic mass is 127. The van der Waals surface area contributed by atoms with Gasteiger partial charge in [-0.25, -0.2) is 0 Å². The summed E-state index contributed by atoms with van der Waals surface area (Å²) in [6.45, 7) is 4.98. The Kier molecular flexibility index (Phi) is 5.98. The van der Waals surface area contributed by atoms with Crippen LogP contribution in [0.3, 0.4) is 0 Å². The lowest BCUT2D eigenvalue weighted by molar-refractivity contribution is 0.277. The molecule has 2 aromatic heterocycles. The second-order valence-corrected chi connectivity index (χ2v) is 5.70. The molecule has 1 aliphatic rings. The topological polar surface area (TPSA) is 71.8 Å². The van der Waals surface area contributed by atoms with Gasteiger partial charge in [-0.1, -0.05) is 13.0 Å². The van der Waals surface area contributed by atoms with Crippen molar-refractivity contribution in [3.63, 3.8) is 0 Å². The lowest BCUT2D eigenvalue weighted by atomic mass is 10.00. The van der Waals surface area contributed by atoms with E-state index in [-0.39, 0.29) is 24.0 Å². The van der Waals surface area contributed by atoms with Crippen molar-refractivity contribution < 1.29 is 0 Å². The fraction of sp³-hybridized carbons (Fsp3) is 0.533. The summed E-state index contributed by atoms with van der Waals surface area (Å²) in [5, 5.41) is 8.34. The summed E-state index contributed by atoms with van der Waals surface area (Å²) in [5.41, 5.74) is 6.95. The highest BCUT2D eigenvalue weighted by Gasteiger charge is 2.16. The Morgan fingerprint density at radius 2 is 2.09 bits per heavy atom. The molecule has 3 heterocycles. The van der Waals surface area contributed by atoms with Gasteiger partial charge < -0.3 is 10.6 Å². The van der Waals surface area contributed by atoms with Crippen molar-refractivity contribution in [2.24, 2.45) is 16.6 Å². The monoisotopic (exact) mass is 414 g/mol. The molecule has 1 aliphatic heterocycles. The van der Waals surface area contributed by atoms with Gasteiger partial charge in [-0.15, -0.1) is 34.2 Å². The Morgan fingerprint density at radius 3 is 2.86 bits per heavy atom. The smallest absolute Gasteiger partial charge is 0.191 e.